The third kappa shape index (κ3) is 3.70. The van der Waals surface area contributed by atoms with Crippen molar-refractivity contribution in [2.24, 2.45) is 0 Å². The molecule has 98 valence electrons. The zero-order valence-electron chi connectivity index (χ0n) is 11.5. The molecule has 0 amide bonds. The molecule has 20 heavy (non-hydrogen) atoms. The topological polar surface area (TPSA) is 17.1 Å². The van der Waals surface area contributed by atoms with Gasteiger partial charge in [-0.25, -0.2) is 0 Å². The van der Waals surface area contributed by atoms with Crippen LogP contribution in [-0.2, 0) is 0 Å². The molecule has 2 aromatic carbocycles. The molecule has 1 heteroatoms. The Bertz CT molecular complexity index is 667. The monoisotopic (exact) mass is 260 g/mol. The van der Waals surface area contributed by atoms with Crippen LogP contribution in [-0.4, -0.2) is 5.78 Å². The Kier molecular flexibility index (Phi) is 4.52. The van der Waals surface area contributed by atoms with Crippen LogP contribution in [0.15, 0.2) is 61.2 Å². The van der Waals surface area contributed by atoms with Crippen LogP contribution >= 0.6 is 0 Å². The van der Waals surface area contributed by atoms with Crippen molar-refractivity contribution >= 4 is 11.4 Å². The summed E-state index contributed by atoms with van der Waals surface area (Å²) in [6, 6.07) is 17.2. The highest BCUT2D eigenvalue weighted by molar-refractivity contribution is 6.09. The van der Waals surface area contributed by atoms with Gasteiger partial charge in [-0.3, -0.25) is 4.79 Å². The summed E-state index contributed by atoms with van der Waals surface area (Å²) in [4.78, 5) is 11.8. The van der Waals surface area contributed by atoms with Gasteiger partial charge in [0.15, 0.2) is 0 Å². The lowest BCUT2D eigenvalue weighted by atomic mass is 10.0. The van der Waals surface area contributed by atoms with E-state index in [-0.39, 0.29) is 5.78 Å². The minimum atomic E-state index is -0.151. The van der Waals surface area contributed by atoms with E-state index in [2.05, 4.69) is 18.4 Å². The quantitative estimate of drug-likeness (QED) is 0.457. The van der Waals surface area contributed by atoms with Crippen LogP contribution in [0.1, 0.15) is 27.9 Å². The van der Waals surface area contributed by atoms with Crippen molar-refractivity contribution < 1.29 is 4.79 Å². The molecule has 0 aromatic heterocycles. The van der Waals surface area contributed by atoms with Crippen molar-refractivity contribution in [3.63, 3.8) is 0 Å². The van der Waals surface area contributed by atoms with Crippen LogP contribution in [0, 0.1) is 18.8 Å². The van der Waals surface area contributed by atoms with Crippen molar-refractivity contribution in [3.05, 3.63) is 77.9 Å². The average molecular weight is 260 g/mol. The highest BCUT2D eigenvalue weighted by Crippen LogP contribution is 2.15. The second-order valence-corrected chi connectivity index (χ2v) is 4.64. The van der Waals surface area contributed by atoms with Crippen LogP contribution in [0.5, 0.6) is 0 Å². The maximum absolute atomic E-state index is 11.8. The molecule has 0 atom stereocenters. The highest BCUT2D eigenvalue weighted by Gasteiger charge is 2.00. The van der Waals surface area contributed by atoms with Gasteiger partial charge >= 0.3 is 0 Å². The fourth-order valence-corrected chi connectivity index (χ4v) is 1.78. The fourth-order valence-electron chi connectivity index (χ4n) is 1.78. The minimum Gasteiger partial charge on any atom is -0.279 e. The number of ketones is 1. The van der Waals surface area contributed by atoms with E-state index in [0.29, 0.717) is 12.0 Å². The van der Waals surface area contributed by atoms with Crippen molar-refractivity contribution in [1.29, 1.82) is 0 Å². The van der Waals surface area contributed by atoms with Crippen molar-refractivity contribution in [1.82, 2.24) is 0 Å². The predicted molar refractivity (Wildman–Crippen MR) is 83.4 cm³/mol. The smallest absolute Gasteiger partial charge is 0.235 e. The third-order valence-electron chi connectivity index (χ3n) is 3.00. The van der Waals surface area contributed by atoms with Gasteiger partial charge < -0.3 is 0 Å². The summed E-state index contributed by atoms with van der Waals surface area (Å²) in [6.45, 7) is 6.06. The number of Topliss-reactive ketones (excluding diaryl/α,β-unsaturated/α-hetero) is 1. The number of rotatable bonds is 3. The molecule has 0 fully saturated rings. The molecule has 0 saturated heterocycles. The standard InChI is InChI=1S/C19H16O/c1-15-11-13-17(14-12-15)16(2)7-6-10-19(20)18-8-4-3-5-9-18/h3-5,8-9,11-14H,2,7H2,1H3. The van der Waals surface area contributed by atoms with Gasteiger partial charge in [-0.2, -0.15) is 0 Å². The Hall–Kier alpha value is -2.59. The molecular weight excluding hydrogens is 244 g/mol. The molecular formula is C19H16O. The lowest BCUT2D eigenvalue weighted by Gasteiger charge is -2.01. The Morgan fingerprint density at radius 3 is 2.30 bits per heavy atom. The second-order valence-electron chi connectivity index (χ2n) is 4.64. The van der Waals surface area contributed by atoms with Crippen LogP contribution in [0.2, 0.25) is 0 Å². The fraction of sp³-hybridized carbons (Fsp3) is 0.105. The molecule has 0 saturated carbocycles. The van der Waals surface area contributed by atoms with E-state index < -0.39 is 0 Å². The van der Waals surface area contributed by atoms with Crippen LogP contribution in [0.25, 0.3) is 5.57 Å². The minimum absolute atomic E-state index is 0.151. The Morgan fingerprint density at radius 2 is 1.65 bits per heavy atom. The predicted octanol–water partition coefficient (Wildman–Crippen LogP) is 4.28. The van der Waals surface area contributed by atoms with Gasteiger partial charge in [-0.15, -0.1) is 0 Å². The second kappa shape index (κ2) is 6.54. The molecule has 2 rings (SSSR count). The van der Waals surface area contributed by atoms with E-state index >= 15 is 0 Å². The molecule has 0 N–H and O–H groups in total. The third-order valence-corrected chi connectivity index (χ3v) is 3.00. The molecule has 0 unspecified atom stereocenters. The average Bonchev–Trinajstić information content (AvgIpc) is 2.48. The Labute approximate surface area is 120 Å². The number of carbonyl (C=O) groups is 1. The van der Waals surface area contributed by atoms with E-state index in [1.165, 1.54) is 5.56 Å². The van der Waals surface area contributed by atoms with Crippen molar-refractivity contribution in [2.45, 2.75) is 13.3 Å². The maximum Gasteiger partial charge on any atom is 0.235 e. The van der Waals surface area contributed by atoms with Gasteiger partial charge in [0, 0.05) is 12.0 Å². The summed E-state index contributed by atoms with van der Waals surface area (Å²) in [7, 11) is 0. The number of carbonyl (C=O) groups excluding carboxylic acids is 1. The van der Waals surface area contributed by atoms with E-state index in [1.54, 1.807) is 12.1 Å². The molecule has 0 bridgehead atoms. The number of allylic oxidation sites excluding steroid dienone is 1. The number of benzene rings is 2. The number of hydrogen-bond acceptors (Lipinski definition) is 1. The SMILES string of the molecule is C=C(CC#CC(=O)c1ccccc1)c1ccc(C)cc1. The molecule has 0 aliphatic heterocycles. The van der Waals surface area contributed by atoms with E-state index in [9.17, 15) is 4.79 Å². The molecule has 0 spiro atoms. The van der Waals surface area contributed by atoms with Gasteiger partial charge in [-0.1, -0.05) is 72.7 Å². The zero-order chi connectivity index (χ0) is 14.4. The molecule has 1 nitrogen and oxygen atoms in total. The lowest BCUT2D eigenvalue weighted by Crippen LogP contribution is -1.93. The summed E-state index contributed by atoms with van der Waals surface area (Å²) in [5.41, 5.74) is 3.84. The first kappa shape index (κ1) is 13.8. The summed E-state index contributed by atoms with van der Waals surface area (Å²) in [5.74, 6) is 5.41. The molecule has 2 aromatic rings. The van der Waals surface area contributed by atoms with Gasteiger partial charge in [-0.05, 0) is 24.0 Å². The summed E-state index contributed by atoms with van der Waals surface area (Å²) in [6.07, 6.45) is 0.502. The highest BCUT2D eigenvalue weighted by atomic mass is 16.1. The lowest BCUT2D eigenvalue weighted by molar-refractivity contribution is 0.105. The van der Waals surface area contributed by atoms with Gasteiger partial charge in [0.1, 0.15) is 0 Å². The molecule has 0 aliphatic rings. The van der Waals surface area contributed by atoms with Crippen LogP contribution < -0.4 is 0 Å². The summed E-state index contributed by atoms with van der Waals surface area (Å²) in [5, 5.41) is 0. The Morgan fingerprint density at radius 1 is 1.00 bits per heavy atom. The maximum atomic E-state index is 11.8. The largest absolute Gasteiger partial charge is 0.279 e. The Balaban J connectivity index is 1.99. The van der Waals surface area contributed by atoms with E-state index in [4.69, 9.17) is 0 Å². The van der Waals surface area contributed by atoms with Gasteiger partial charge in [0.2, 0.25) is 5.78 Å². The molecule has 0 radical (unpaired) electrons. The normalized spacial score (nSPS) is 9.45. The summed E-state index contributed by atoms with van der Waals surface area (Å²) < 4.78 is 0. The van der Waals surface area contributed by atoms with Crippen LogP contribution in [0.3, 0.4) is 0 Å². The van der Waals surface area contributed by atoms with E-state index in [0.717, 1.165) is 11.1 Å². The van der Waals surface area contributed by atoms with Crippen LogP contribution in [0.4, 0.5) is 0 Å². The first-order valence-electron chi connectivity index (χ1n) is 6.50. The van der Waals surface area contributed by atoms with Crippen molar-refractivity contribution in [3.8, 4) is 11.8 Å². The number of hydrogen-bond donors (Lipinski definition) is 0. The van der Waals surface area contributed by atoms with Crippen molar-refractivity contribution in [2.75, 3.05) is 0 Å². The van der Waals surface area contributed by atoms with Gasteiger partial charge in [0.05, 0.1) is 0 Å². The molecule has 0 heterocycles. The number of aryl methyl sites for hydroxylation is 1. The molecule has 0 aliphatic carbocycles. The zero-order valence-corrected chi connectivity index (χ0v) is 11.5. The summed E-state index contributed by atoms with van der Waals surface area (Å²) >= 11 is 0. The first-order chi connectivity index (χ1) is 9.66. The first-order valence-corrected chi connectivity index (χ1v) is 6.50. The van der Waals surface area contributed by atoms with E-state index in [1.807, 2.05) is 49.4 Å². The van der Waals surface area contributed by atoms with Gasteiger partial charge in [0.25, 0.3) is 0 Å².